The third-order valence-corrected chi connectivity index (χ3v) is 3.86. The third kappa shape index (κ3) is 2.05. The quantitative estimate of drug-likeness (QED) is 0.829. The Morgan fingerprint density at radius 3 is 3.24 bits per heavy atom. The molecule has 3 heterocycles. The van der Waals surface area contributed by atoms with Gasteiger partial charge < -0.3 is 10.2 Å². The summed E-state index contributed by atoms with van der Waals surface area (Å²) in [5, 5.41) is 7.94. The Kier molecular flexibility index (Phi) is 2.80. The Morgan fingerprint density at radius 1 is 1.59 bits per heavy atom. The summed E-state index contributed by atoms with van der Waals surface area (Å²) in [6.45, 7) is 3.14. The number of carbonyl (C=O) groups is 1. The molecule has 2 aliphatic heterocycles. The van der Waals surface area contributed by atoms with Crippen LogP contribution in [0.5, 0.6) is 0 Å². The molecule has 17 heavy (non-hydrogen) atoms. The van der Waals surface area contributed by atoms with E-state index in [4.69, 9.17) is 11.6 Å². The zero-order chi connectivity index (χ0) is 11.8. The molecule has 2 aliphatic rings. The maximum absolute atomic E-state index is 12.2. The van der Waals surface area contributed by atoms with E-state index in [1.54, 1.807) is 17.1 Å². The molecule has 2 saturated heterocycles. The standard InChI is InChI=1S/C11H15ClN4O/c12-9-4-14-15(6-9)7-11(17)16-2-1-8-3-13-5-10(8)16/h4,6,8,10,13H,1-3,5,7H2/t8-,10+/m0/s1. The first-order chi connectivity index (χ1) is 8.24. The molecule has 0 aliphatic carbocycles. The van der Waals surface area contributed by atoms with Crippen LogP contribution in [0.25, 0.3) is 0 Å². The molecule has 1 N–H and O–H groups in total. The molecule has 0 radical (unpaired) electrons. The van der Waals surface area contributed by atoms with Gasteiger partial charge in [0.1, 0.15) is 6.54 Å². The van der Waals surface area contributed by atoms with Gasteiger partial charge in [-0.25, -0.2) is 0 Å². The van der Waals surface area contributed by atoms with Crippen molar-refractivity contribution >= 4 is 17.5 Å². The molecule has 6 heteroatoms. The van der Waals surface area contributed by atoms with Gasteiger partial charge >= 0.3 is 0 Å². The van der Waals surface area contributed by atoms with Crippen LogP contribution in [0.3, 0.4) is 0 Å². The lowest BCUT2D eigenvalue weighted by Gasteiger charge is -2.23. The van der Waals surface area contributed by atoms with Crippen molar-refractivity contribution in [1.29, 1.82) is 0 Å². The fourth-order valence-electron chi connectivity index (χ4n) is 2.81. The van der Waals surface area contributed by atoms with Gasteiger partial charge in [-0.3, -0.25) is 9.48 Å². The van der Waals surface area contributed by atoms with Crippen molar-refractivity contribution in [3.05, 3.63) is 17.4 Å². The molecule has 92 valence electrons. The first-order valence-corrected chi connectivity index (χ1v) is 6.30. The van der Waals surface area contributed by atoms with Crippen LogP contribution in [0.1, 0.15) is 6.42 Å². The van der Waals surface area contributed by atoms with E-state index < -0.39 is 0 Å². The number of fused-ring (bicyclic) bond motifs is 1. The van der Waals surface area contributed by atoms with Crippen molar-refractivity contribution in [2.75, 3.05) is 19.6 Å². The Balaban J connectivity index is 1.66. The van der Waals surface area contributed by atoms with Gasteiger partial charge in [-0.15, -0.1) is 0 Å². The molecular formula is C11H15ClN4O. The lowest BCUT2D eigenvalue weighted by atomic mass is 10.1. The summed E-state index contributed by atoms with van der Waals surface area (Å²) in [4.78, 5) is 14.1. The Hall–Kier alpha value is -1.07. The van der Waals surface area contributed by atoms with Gasteiger partial charge in [0.2, 0.25) is 5.91 Å². The Bertz CT molecular complexity index is 433. The number of nitrogens with one attached hydrogen (secondary N) is 1. The summed E-state index contributed by atoms with van der Waals surface area (Å²) in [6.07, 6.45) is 4.35. The lowest BCUT2D eigenvalue weighted by Crippen LogP contribution is -2.40. The smallest absolute Gasteiger partial charge is 0.244 e. The van der Waals surface area contributed by atoms with Crippen LogP contribution in [0.4, 0.5) is 0 Å². The highest BCUT2D eigenvalue weighted by molar-refractivity contribution is 6.30. The summed E-state index contributed by atoms with van der Waals surface area (Å²) < 4.78 is 1.60. The largest absolute Gasteiger partial charge is 0.336 e. The van der Waals surface area contributed by atoms with E-state index in [0.717, 1.165) is 26.1 Å². The number of rotatable bonds is 2. The Morgan fingerprint density at radius 2 is 2.47 bits per heavy atom. The minimum atomic E-state index is 0.140. The van der Waals surface area contributed by atoms with Gasteiger partial charge in [0, 0.05) is 31.9 Å². The number of nitrogens with zero attached hydrogens (tertiary/aromatic N) is 3. The minimum Gasteiger partial charge on any atom is -0.336 e. The summed E-state index contributed by atoms with van der Waals surface area (Å²) in [7, 11) is 0. The number of hydrogen-bond donors (Lipinski definition) is 1. The number of amides is 1. The van der Waals surface area contributed by atoms with Gasteiger partial charge in [0.05, 0.1) is 11.2 Å². The van der Waals surface area contributed by atoms with Crippen molar-refractivity contribution < 1.29 is 4.79 Å². The number of carbonyl (C=O) groups excluding carboxylic acids is 1. The molecule has 2 atom stereocenters. The fraction of sp³-hybridized carbons (Fsp3) is 0.636. The normalized spacial score (nSPS) is 27.5. The summed E-state index contributed by atoms with van der Waals surface area (Å²) in [5.41, 5.74) is 0. The van der Waals surface area contributed by atoms with Crippen molar-refractivity contribution in [3.8, 4) is 0 Å². The molecule has 0 saturated carbocycles. The highest BCUT2D eigenvalue weighted by Gasteiger charge is 2.39. The number of aromatic nitrogens is 2. The lowest BCUT2D eigenvalue weighted by molar-refractivity contribution is -0.132. The predicted molar refractivity (Wildman–Crippen MR) is 63.7 cm³/mol. The summed E-state index contributed by atoms with van der Waals surface area (Å²) in [6, 6.07) is 0.383. The molecule has 1 aromatic rings. The molecule has 3 rings (SSSR count). The number of halogens is 1. The average molecular weight is 255 g/mol. The molecule has 1 amide bonds. The monoisotopic (exact) mass is 254 g/mol. The minimum absolute atomic E-state index is 0.140. The van der Waals surface area contributed by atoms with Gasteiger partial charge in [-0.2, -0.15) is 5.10 Å². The van der Waals surface area contributed by atoms with Gasteiger partial charge in [0.25, 0.3) is 0 Å². The van der Waals surface area contributed by atoms with Gasteiger partial charge in [-0.1, -0.05) is 11.6 Å². The van der Waals surface area contributed by atoms with Crippen LogP contribution >= 0.6 is 11.6 Å². The van der Waals surface area contributed by atoms with Crippen molar-refractivity contribution in [2.45, 2.75) is 19.0 Å². The second-order valence-corrected chi connectivity index (χ2v) is 5.15. The molecule has 0 unspecified atom stereocenters. The van der Waals surface area contributed by atoms with Crippen LogP contribution in [-0.4, -0.2) is 46.3 Å². The zero-order valence-corrected chi connectivity index (χ0v) is 10.2. The Labute approximate surface area is 105 Å². The van der Waals surface area contributed by atoms with E-state index in [1.807, 2.05) is 4.90 Å². The molecule has 1 aromatic heterocycles. The van der Waals surface area contributed by atoms with Crippen molar-refractivity contribution in [2.24, 2.45) is 5.92 Å². The third-order valence-electron chi connectivity index (χ3n) is 3.66. The number of hydrogen-bond acceptors (Lipinski definition) is 3. The van der Waals surface area contributed by atoms with Crippen LogP contribution in [0.2, 0.25) is 5.02 Å². The van der Waals surface area contributed by atoms with Crippen LogP contribution in [0, 0.1) is 5.92 Å². The molecule has 0 spiro atoms. The maximum atomic E-state index is 12.2. The summed E-state index contributed by atoms with van der Waals surface area (Å²) in [5.74, 6) is 0.779. The van der Waals surface area contributed by atoms with E-state index in [-0.39, 0.29) is 12.5 Å². The summed E-state index contributed by atoms with van der Waals surface area (Å²) >= 11 is 5.77. The second-order valence-electron chi connectivity index (χ2n) is 4.72. The molecule has 2 fully saturated rings. The molecular weight excluding hydrogens is 240 g/mol. The van der Waals surface area contributed by atoms with Crippen LogP contribution in [0.15, 0.2) is 12.4 Å². The predicted octanol–water partition coefficient (Wildman–Crippen LogP) is 0.357. The highest BCUT2D eigenvalue weighted by Crippen LogP contribution is 2.27. The topological polar surface area (TPSA) is 50.2 Å². The van der Waals surface area contributed by atoms with Gasteiger partial charge in [0.15, 0.2) is 0 Å². The van der Waals surface area contributed by atoms with E-state index >= 15 is 0 Å². The SMILES string of the molecule is O=C(Cn1cc(Cl)cn1)N1CC[C@H]2CNC[C@H]21. The molecule has 5 nitrogen and oxygen atoms in total. The van der Waals surface area contributed by atoms with E-state index in [0.29, 0.717) is 17.0 Å². The van der Waals surface area contributed by atoms with E-state index in [2.05, 4.69) is 10.4 Å². The zero-order valence-electron chi connectivity index (χ0n) is 9.47. The number of likely N-dealkylation sites (tertiary alicyclic amines) is 1. The molecule has 0 aromatic carbocycles. The van der Waals surface area contributed by atoms with E-state index in [9.17, 15) is 4.79 Å². The highest BCUT2D eigenvalue weighted by atomic mass is 35.5. The van der Waals surface area contributed by atoms with Crippen LogP contribution in [-0.2, 0) is 11.3 Å². The van der Waals surface area contributed by atoms with Gasteiger partial charge in [-0.05, 0) is 12.3 Å². The van der Waals surface area contributed by atoms with Crippen molar-refractivity contribution in [1.82, 2.24) is 20.0 Å². The maximum Gasteiger partial charge on any atom is 0.244 e. The van der Waals surface area contributed by atoms with Crippen molar-refractivity contribution in [3.63, 3.8) is 0 Å². The van der Waals surface area contributed by atoms with E-state index in [1.165, 1.54) is 0 Å². The van der Waals surface area contributed by atoms with Crippen LogP contribution < -0.4 is 5.32 Å². The fourth-order valence-corrected chi connectivity index (χ4v) is 2.97. The second kappa shape index (κ2) is 4.31. The first kappa shape index (κ1) is 11.0. The average Bonchev–Trinajstić information content (AvgIpc) is 2.93. The first-order valence-electron chi connectivity index (χ1n) is 5.92. The molecule has 0 bridgehead atoms.